The van der Waals surface area contributed by atoms with Crippen molar-refractivity contribution in [1.29, 1.82) is 0 Å². The molecule has 1 amide bonds. The number of hydrogen-bond acceptors (Lipinski definition) is 4. The summed E-state index contributed by atoms with van der Waals surface area (Å²) in [4.78, 5) is 14.3. The maximum Gasteiger partial charge on any atom is 0.227 e. The zero-order valence-electron chi connectivity index (χ0n) is 14.9. The van der Waals surface area contributed by atoms with Crippen molar-refractivity contribution in [2.24, 2.45) is 7.05 Å². The summed E-state index contributed by atoms with van der Waals surface area (Å²) in [5.41, 5.74) is 1.04. The summed E-state index contributed by atoms with van der Waals surface area (Å²) < 4.78 is 30.6. The van der Waals surface area contributed by atoms with Crippen molar-refractivity contribution in [2.45, 2.75) is 25.9 Å². The van der Waals surface area contributed by atoms with Gasteiger partial charge in [-0.2, -0.15) is 5.10 Å². The van der Waals surface area contributed by atoms with Crippen LogP contribution in [0.4, 0.5) is 8.78 Å². The first-order valence-corrected chi connectivity index (χ1v) is 8.57. The summed E-state index contributed by atoms with van der Waals surface area (Å²) >= 11 is 0. The Balaban J connectivity index is 1.55. The first-order chi connectivity index (χ1) is 12.9. The van der Waals surface area contributed by atoms with Crippen molar-refractivity contribution < 1.29 is 13.6 Å². The molecule has 1 aliphatic heterocycles. The lowest BCUT2D eigenvalue weighted by Gasteiger charge is -2.32. The van der Waals surface area contributed by atoms with Gasteiger partial charge in [-0.25, -0.2) is 8.78 Å². The van der Waals surface area contributed by atoms with Crippen LogP contribution < -0.4 is 0 Å². The van der Waals surface area contributed by atoms with Crippen molar-refractivity contribution in [3.63, 3.8) is 0 Å². The molecule has 3 heterocycles. The van der Waals surface area contributed by atoms with Gasteiger partial charge in [-0.15, -0.1) is 10.2 Å². The molecule has 27 heavy (non-hydrogen) atoms. The molecule has 0 unspecified atom stereocenters. The molecule has 0 saturated heterocycles. The number of fused-ring (bicyclic) bond motifs is 1. The van der Waals surface area contributed by atoms with Crippen molar-refractivity contribution in [2.75, 3.05) is 6.54 Å². The highest BCUT2D eigenvalue weighted by Gasteiger charge is 2.30. The Labute approximate surface area is 154 Å². The van der Waals surface area contributed by atoms with Gasteiger partial charge in [0.1, 0.15) is 11.6 Å². The van der Waals surface area contributed by atoms with E-state index in [1.165, 1.54) is 6.07 Å². The van der Waals surface area contributed by atoms with E-state index in [2.05, 4.69) is 15.3 Å². The van der Waals surface area contributed by atoms with Gasteiger partial charge in [0.25, 0.3) is 0 Å². The average molecular weight is 372 g/mol. The summed E-state index contributed by atoms with van der Waals surface area (Å²) in [5, 5.41) is 12.6. The van der Waals surface area contributed by atoms with Crippen molar-refractivity contribution in [1.82, 2.24) is 29.4 Å². The molecule has 0 fully saturated rings. The molecule has 2 aromatic heterocycles. The maximum absolute atomic E-state index is 13.8. The highest BCUT2D eigenvalue weighted by atomic mass is 19.1. The summed E-state index contributed by atoms with van der Waals surface area (Å²) in [5.74, 6) is -0.228. The topological polar surface area (TPSA) is 68.8 Å². The molecule has 0 spiro atoms. The van der Waals surface area contributed by atoms with Crippen molar-refractivity contribution in [3.8, 4) is 11.4 Å². The SMILES string of the molecule is C[C@H]1CN(C(=O)Cc2ccc(F)cc2F)Cc2nnc(-c3cnn(C)c3)n21. The van der Waals surface area contributed by atoms with Gasteiger partial charge in [-0.1, -0.05) is 6.07 Å². The molecule has 140 valence electrons. The second-order valence-electron chi connectivity index (χ2n) is 6.75. The minimum Gasteiger partial charge on any atom is -0.333 e. The van der Waals surface area contributed by atoms with Gasteiger partial charge in [0, 0.05) is 25.9 Å². The maximum atomic E-state index is 13.8. The van der Waals surface area contributed by atoms with E-state index in [0.29, 0.717) is 24.7 Å². The van der Waals surface area contributed by atoms with Crippen LogP contribution in [-0.4, -0.2) is 41.9 Å². The average Bonchev–Trinajstić information content (AvgIpc) is 3.23. The Hall–Kier alpha value is -3.10. The normalized spacial score (nSPS) is 16.4. The van der Waals surface area contributed by atoms with Crippen molar-refractivity contribution >= 4 is 5.91 Å². The number of carbonyl (C=O) groups excluding carboxylic acids is 1. The molecule has 0 bridgehead atoms. The van der Waals surface area contributed by atoms with E-state index < -0.39 is 11.6 Å². The molecule has 1 atom stereocenters. The molecule has 1 aromatic carbocycles. The van der Waals surface area contributed by atoms with Gasteiger partial charge in [-0.3, -0.25) is 9.48 Å². The monoisotopic (exact) mass is 372 g/mol. The van der Waals surface area contributed by atoms with E-state index in [-0.39, 0.29) is 23.9 Å². The fourth-order valence-electron chi connectivity index (χ4n) is 3.39. The molecule has 7 nitrogen and oxygen atoms in total. The Morgan fingerprint density at radius 2 is 2.11 bits per heavy atom. The first kappa shape index (κ1) is 17.3. The van der Waals surface area contributed by atoms with E-state index in [1.54, 1.807) is 15.8 Å². The number of hydrogen-bond donors (Lipinski definition) is 0. The lowest BCUT2D eigenvalue weighted by molar-refractivity contribution is -0.132. The summed E-state index contributed by atoms with van der Waals surface area (Å²) in [6, 6.07) is 3.21. The van der Waals surface area contributed by atoms with Gasteiger partial charge in [0.05, 0.1) is 30.8 Å². The quantitative estimate of drug-likeness (QED) is 0.706. The minimum atomic E-state index is -0.713. The summed E-state index contributed by atoms with van der Waals surface area (Å²) in [7, 11) is 1.83. The molecule has 0 saturated carbocycles. The van der Waals surface area contributed by atoms with E-state index >= 15 is 0 Å². The van der Waals surface area contributed by atoms with Crippen LogP contribution in [0, 0.1) is 11.6 Å². The summed E-state index contributed by atoms with van der Waals surface area (Å²) in [6.07, 6.45) is 3.46. The number of aryl methyl sites for hydroxylation is 1. The number of nitrogens with zero attached hydrogens (tertiary/aromatic N) is 6. The predicted molar refractivity (Wildman–Crippen MR) is 92.4 cm³/mol. The van der Waals surface area contributed by atoms with Gasteiger partial charge < -0.3 is 9.47 Å². The molecule has 3 aromatic rings. The third-order valence-electron chi connectivity index (χ3n) is 4.70. The van der Waals surface area contributed by atoms with E-state index in [9.17, 15) is 13.6 Å². The standard InChI is InChI=1S/C18H18F2N6O/c1-11-8-25(17(27)5-12-3-4-14(19)6-15(12)20)10-16-22-23-18(26(11)16)13-7-21-24(2)9-13/h3-4,6-7,9,11H,5,8,10H2,1-2H3/t11-/m0/s1. The van der Waals surface area contributed by atoms with Crippen LogP contribution in [0.2, 0.25) is 0 Å². The Morgan fingerprint density at radius 1 is 1.30 bits per heavy atom. The molecule has 0 N–H and O–H groups in total. The van der Waals surface area contributed by atoms with E-state index in [1.807, 2.05) is 24.7 Å². The fourth-order valence-corrected chi connectivity index (χ4v) is 3.39. The lowest BCUT2D eigenvalue weighted by atomic mass is 10.1. The second-order valence-corrected chi connectivity index (χ2v) is 6.75. The van der Waals surface area contributed by atoms with Crippen LogP contribution in [0.15, 0.2) is 30.6 Å². The van der Waals surface area contributed by atoms with Gasteiger partial charge in [-0.05, 0) is 18.6 Å². The Kier molecular flexibility index (Phi) is 4.21. The highest BCUT2D eigenvalue weighted by Crippen LogP contribution is 2.27. The third kappa shape index (κ3) is 3.20. The zero-order chi connectivity index (χ0) is 19.1. The highest BCUT2D eigenvalue weighted by molar-refractivity contribution is 5.79. The van der Waals surface area contributed by atoms with Crippen LogP contribution in [-0.2, 0) is 24.8 Å². The van der Waals surface area contributed by atoms with Gasteiger partial charge in [0.2, 0.25) is 5.91 Å². The number of halogens is 2. The fraction of sp³-hybridized carbons (Fsp3) is 0.333. The van der Waals surface area contributed by atoms with E-state index in [4.69, 9.17) is 0 Å². The zero-order valence-corrected chi connectivity index (χ0v) is 14.9. The number of benzene rings is 1. The Bertz CT molecular complexity index is 1010. The second kappa shape index (κ2) is 6.57. The van der Waals surface area contributed by atoms with Crippen LogP contribution in [0.1, 0.15) is 24.4 Å². The molecular formula is C18H18F2N6O. The molecule has 9 heteroatoms. The van der Waals surface area contributed by atoms with Crippen molar-refractivity contribution in [3.05, 3.63) is 53.6 Å². The van der Waals surface area contributed by atoms with Gasteiger partial charge >= 0.3 is 0 Å². The number of aromatic nitrogens is 5. The molecule has 4 rings (SSSR count). The van der Waals surface area contributed by atoms with E-state index in [0.717, 1.165) is 17.7 Å². The number of carbonyl (C=O) groups is 1. The summed E-state index contributed by atoms with van der Waals surface area (Å²) in [6.45, 7) is 2.73. The number of rotatable bonds is 3. The van der Waals surface area contributed by atoms with Crippen LogP contribution in [0.5, 0.6) is 0 Å². The molecule has 1 aliphatic rings. The Morgan fingerprint density at radius 3 is 2.81 bits per heavy atom. The molecule has 0 radical (unpaired) electrons. The van der Waals surface area contributed by atoms with Crippen LogP contribution in [0.3, 0.4) is 0 Å². The van der Waals surface area contributed by atoms with Crippen LogP contribution in [0.25, 0.3) is 11.4 Å². The third-order valence-corrected chi connectivity index (χ3v) is 4.70. The number of amides is 1. The minimum absolute atomic E-state index is 0.0408. The molecular weight excluding hydrogens is 354 g/mol. The molecule has 0 aliphatic carbocycles. The largest absolute Gasteiger partial charge is 0.333 e. The lowest BCUT2D eigenvalue weighted by Crippen LogP contribution is -2.41. The predicted octanol–water partition coefficient (Wildman–Crippen LogP) is 2.10. The smallest absolute Gasteiger partial charge is 0.227 e. The first-order valence-electron chi connectivity index (χ1n) is 8.57. The van der Waals surface area contributed by atoms with Crippen LogP contribution >= 0.6 is 0 Å². The van der Waals surface area contributed by atoms with Gasteiger partial charge in [0.15, 0.2) is 11.6 Å².